The van der Waals surface area contributed by atoms with Crippen LogP contribution in [0.3, 0.4) is 0 Å². The second-order valence-electron chi connectivity index (χ2n) is 5.04. The van der Waals surface area contributed by atoms with E-state index in [0.717, 1.165) is 38.0 Å². The molecular formula is C16H21NO2. The van der Waals surface area contributed by atoms with E-state index in [4.69, 9.17) is 5.11 Å². The van der Waals surface area contributed by atoms with Crippen LogP contribution in [0.5, 0.6) is 0 Å². The van der Waals surface area contributed by atoms with Gasteiger partial charge in [0.05, 0.1) is 0 Å². The second-order valence-corrected chi connectivity index (χ2v) is 5.04. The summed E-state index contributed by atoms with van der Waals surface area (Å²) in [5, 5.41) is 18.1. The number of rotatable bonds is 3. The molecule has 1 aliphatic heterocycles. The molecule has 1 fully saturated rings. The number of hydrogen-bond donors (Lipinski definition) is 2. The van der Waals surface area contributed by atoms with Gasteiger partial charge in [0.1, 0.15) is 6.61 Å². The van der Waals surface area contributed by atoms with Gasteiger partial charge in [-0.3, -0.25) is 4.90 Å². The minimum Gasteiger partial charge on any atom is -0.396 e. The number of benzene rings is 1. The van der Waals surface area contributed by atoms with Gasteiger partial charge in [-0.15, -0.1) is 0 Å². The maximum Gasteiger partial charge on any atom is 0.104 e. The van der Waals surface area contributed by atoms with Gasteiger partial charge in [0.15, 0.2) is 0 Å². The lowest BCUT2D eigenvalue weighted by Gasteiger charge is -2.32. The fraction of sp³-hybridized carbons (Fsp3) is 0.500. The lowest BCUT2D eigenvalue weighted by molar-refractivity contribution is 0.116. The van der Waals surface area contributed by atoms with Crippen LogP contribution >= 0.6 is 0 Å². The average Bonchev–Trinajstić information content (AvgIpc) is 2.46. The summed E-state index contributed by atoms with van der Waals surface area (Å²) in [6, 6.07) is 8.07. The Kier molecular flexibility index (Phi) is 5.41. The van der Waals surface area contributed by atoms with Gasteiger partial charge in [-0.25, -0.2) is 0 Å². The summed E-state index contributed by atoms with van der Waals surface area (Å²) >= 11 is 0. The van der Waals surface area contributed by atoms with E-state index in [1.807, 2.05) is 18.2 Å². The number of hydrogen-bond acceptors (Lipinski definition) is 3. The molecule has 1 unspecified atom stereocenters. The zero-order chi connectivity index (χ0) is 13.5. The zero-order valence-corrected chi connectivity index (χ0v) is 11.2. The Labute approximate surface area is 114 Å². The Morgan fingerprint density at radius 2 is 2.11 bits per heavy atom. The van der Waals surface area contributed by atoms with Crippen molar-refractivity contribution in [2.75, 3.05) is 26.3 Å². The molecule has 102 valence electrons. The van der Waals surface area contributed by atoms with Crippen LogP contribution in [-0.2, 0) is 6.54 Å². The van der Waals surface area contributed by atoms with E-state index in [2.05, 4.69) is 22.8 Å². The number of aliphatic hydroxyl groups is 2. The Balaban J connectivity index is 2.06. The lowest BCUT2D eigenvalue weighted by atomic mass is 9.98. The number of piperidine rings is 1. The van der Waals surface area contributed by atoms with Crippen LogP contribution in [0, 0.1) is 17.8 Å². The molecule has 0 aromatic heterocycles. The van der Waals surface area contributed by atoms with Crippen molar-refractivity contribution >= 4 is 0 Å². The van der Waals surface area contributed by atoms with Crippen molar-refractivity contribution in [2.45, 2.75) is 19.4 Å². The van der Waals surface area contributed by atoms with E-state index < -0.39 is 0 Å². The van der Waals surface area contributed by atoms with Gasteiger partial charge in [0, 0.05) is 25.3 Å². The summed E-state index contributed by atoms with van der Waals surface area (Å²) in [5.74, 6) is 6.12. The molecule has 3 heteroatoms. The van der Waals surface area contributed by atoms with Crippen molar-refractivity contribution < 1.29 is 10.2 Å². The van der Waals surface area contributed by atoms with Crippen LogP contribution in [0.25, 0.3) is 0 Å². The molecule has 1 heterocycles. The Morgan fingerprint density at radius 3 is 2.89 bits per heavy atom. The van der Waals surface area contributed by atoms with Crippen LogP contribution < -0.4 is 0 Å². The minimum atomic E-state index is -0.107. The smallest absolute Gasteiger partial charge is 0.104 e. The van der Waals surface area contributed by atoms with Crippen LogP contribution in [0.4, 0.5) is 0 Å². The normalized spacial score (nSPS) is 19.8. The van der Waals surface area contributed by atoms with E-state index in [1.165, 1.54) is 5.56 Å². The van der Waals surface area contributed by atoms with Gasteiger partial charge in [-0.2, -0.15) is 0 Å². The van der Waals surface area contributed by atoms with Crippen molar-refractivity contribution in [1.82, 2.24) is 4.90 Å². The lowest BCUT2D eigenvalue weighted by Crippen LogP contribution is -2.36. The van der Waals surface area contributed by atoms with E-state index in [0.29, 0.717) is 5.92 Å². The van der Waals surface area contributed by atoms with Crippen molar-refractivity contribution in [2.24, 2.45) is 5.92 Å². The summed E-state index contributed by atoms with van der Waals surface area (Å²) in [4.78, 5) is 2.38. The van der Waals surface area contributed by atoms with E-state index >= 15 is 0 Å². The van der Waals surface area contributed by atoms with Crippen molar-refractivity contribution in [1.29, 1.82) is 0 Å². The summed E-state index contributed by atoms with van der Waals surface area (Å²) in [7, 11) is 0. The summed E-state index contributed by atoms with van der Waals surface area (Å²) in [6.45, 7) is 3.08. The predicted molar refractivity (Wildman–Crippen MR) is 75.5 cm³/mol. The van der Waals surface area contributed by atoms with Gasteiger partial charge in [0.25, 0.3) is 0 Å². The van der Waals surface area contributed by atoms with E-state index in [1.54, 1.807) is 0 Å². The van der Waals surface area contributed by atoms with Crippen molar-refractivity contribution in [3.05, 3.63) is 35.4 Å². The second kappa shape index (κ2) is 7.30. The third kappa shape index (κ3) is 4.07. The number of likely N-dealkylation sites (tertiary alicyclic amines) is 1. The average molecular weight is 259 g/mol. The molecule has 2 rings (SSSR count). The predicted octanol–water partition coefficient (Wildman–Crippen LogP) is 1.23. The zero-order valence-electron chi connectivity index (χ0n) is 11.2. The minimum absolute atomic E-state index is 0.107. The van der Waals surface area contributed by atoms with Crippen LogP contribution in [0.2, 0.25) is 0 Å². The highest BCUT2D eigenvalue weighted by atomic mass is 16.3. The van der Waals surface area contributed by atoms with Crippen LogP contribution in [0.15, 0.2) is 24.3 Å². The highest BCUT2D eigenvalue weighted by molar-refractivity contribution is 5.41. The molecule has 0 aliphatic carbocycles. The molecule has 0 spiro atoms. The fourth-order valence-electron chi connectivity index (χ4n) is 2.60. The molecule has 1 aromatic carbocycles. The monoisotopic (exact) mass is 259 g/mol. The van der Waals surface area contributed by atoms with E-state index in [-0.39, 0.29) is 13.2 Å². The van der Waals surface area contributed by atoms with Gasteiger partial charge in [0.2, 0.25) is 0 Å². The number of aliphatic hydroxyl groups excluding tert-OH is 2. The maximum atomic E-state index is 9.27. The molecule has 1 aliphatic rings. The maximum absolute atomic E-state index is 9.27. The van der Waals surface area contributed by atoms with Crippen molar-refractivity contribution in [3.63, 3.8) is 0 Å². The molecule has 2 N–H and O–H groups in total. The molecule has 3 nitrogen and oxygen atoms in total. The SMILES string of the molecule is OCC#Cc1ccccc1CN1CCCC(CO)C1. The van der Waals surface area contributed by atoms with Gasteiger partial charge in [-0.05, 0) is 36.9 Å². The highest BCUT2D eigenvalue weighted by Gasteiger charge is 2.19. The summed E-state index contributed by atoms with van der Waals surface area (Å²) in [6.07, 6.45) is 2.27. The first-order valence-electron chi connectivity index (χ1n) is 6.84. The largest absolute Gasteiger partial charge is 0.396 e. The van der Waals surface area contributed by atoms with Gasteiger partial charge >= 0.3 is 0 Å². The van der Waals surface area contributed by atoms with Crippen LogP contribution in [0.1, 0.15) is 24.0 Å². The Bertz CT molecular complexity index is 461. The fourth-order valence-corrected chi connectivity index (χ4v) is 2.60. The summed E-state index contributed by atoms with van der Waals surface area (Å²) < 4.78 is 0. The number of nitrogens with zero attached hydrogens (tertiary/aromatic N) is 1. The van der Waals surface area contributed by atoms with Crippen LogP contribution in [-0.4, -0.2) is 41.4 Å². The summed E-state index contributed by atoms with van der Waals surface area (Å²) in [5.41, 5.74) is 2.18. The molecule has 1 saturated heterocycles. The first-order chi connectivity index (χ1) is 9.33. The quantitative estimate of drug-likeness (QED) is 0.803. The van der Waals surface area contributed by atoms with Crippen molar-refractivity contribution in [3.8, 4) is 11.8 Å². The molecule has 1 atom stereocenters. The topological polar surface area (TPSA) is 43.7 Å². The first-order valence-corrected chi connectivity index (χ1v) is 6.84. The third-order valence-electron chi connectivity index (χ3n) is 3.57. The Morgan fingerprint density at radius 1 is 1.26 bits per heavy atom. The molecule has 0 saturated carbocycles. The molecule has 0 radical (unpaired) electrons. The molecular weight excluding hydrogens is 238 g/mol. The third-order valence-corrected chi connectivity index (χ3v) is 3.57. The van der Waals surface area contributed by atoms with E-state index in [9.17, 15) is 5.11 Å². The standard InChI is InChI=1S/C16H21NO2/c18-10-4-8-15-6-1-2-7-16(15)12-17-9-3-5-14(11-17)13-19/h1-2,6-7,14,18-19H,3,5,9-13H2. The van der Waals surface area contributed by atoms with Gasteiger partial charge in [-0.1, -0.05) is 30.0 Å². The molecule has 19 heavy (non-hydrogen) atoms. The molecule has 1 aromatic rings. The Hall–Kier alpha value is -1.34. The van der Waals surface area contributed by atoms with Gasteiger partial charge < -0.3 is 10.2 Å². The molecule has 0 bridgehead atoms. The molecule has 0 amide bonds. The first kappa shape index (κ1) is 14.1. The highest BCUT2D eigenvalue weighted by Crippen LogP contribution is 2.19.